The molecule has 2 aliphatic rings. The van der Waals surface area contributed by atoms with E-state index >= 15 is 0 Å². The summed E-state index contributed by atoms with van der Waals surface area (Å²) in [6.07, 6.45) is 1.43. The number of nitrogens with zero attached hydrogens (tertiary/aromatic N) is 1. The molecule has 0 spiro atoms. The van der Waals surface area contributed by atoms with Crippen molar-refractivity contribution in [2.24, 2.45) is 11.8 Å². The Labute approximate surface area is 213 Å². The number of thioether (sulfide) groups is 1. The van der Waals surface area contributed by atoms with Crippen LogP contribution in [0.25, 0.3) is 11.1 Å². The van der Waals surface area contributed by atoms with Crippen molar-refractivity contribution in [2.45, 2.75) is 23.8 Å². The number of carboxylic acid groups (broad SMARTS) is 1. The van der Waals surface area contributed by atoms with Gasteiger partial charge in [-0.2, -0.15) is 11.8 Å². The highest BCUT2D eigenvalue weighted by Crippen LogP contribution is 2.42. The van der Waals surface area contributed by atoms with Gasteiger partial charge in [0.05, 0.1) is 17.0 Å². The number of benzene rings is 3. The number of aliphatic carboxylic acids is 1. The molecule has 1 N–H and O–H groups in total. The van der Waals surface area contributed by atoms with Gasteiger partial charge in [-0.15, -0.1) is 0 Å². The van der Waals surface area contributed by atoms with Crippen LogP contribution >= 0.6 is 23.4 Å². The highest BCUT2D eigenvalue weighted by atomic mass is 35.5. The summed E-state index contributed by atoms with van der Waals surface area (Å²) >= 11 is 7.62. The highest BCUT2D eigenvalue weighted by Gasteiger charge is 2.45. The number of carbonyl (C=O) groups excluding carboxylic acids is 2. The topological polar surface area (TPSA) is 74.7 Å². The molecule has 5 rings (SSSR count). The second kappa shape index (κ2) is 9.88. The molecule has 3 aromatic rings. The lowest BCUT2D eigenvalue weighted by atomic mass is 9.95. The maximum Gasteiger partial charge on any atom is 0.307 e. The molecule has 7 heteroatoms. The van der Waals surface area contributed by atoms with Gasteiger partial charge in [0.1, 0.15) is 0 Å². The summed E-state index contributed by atoms with van der Waals surface area (Å²) in [5.41, 5.74) is 4.11. The minimum absolute atomic E-state index is 0.0661. The van der Waals surface area contributed by atoms with Crippen molar-refractivity contribution >= 4 is 41.1 Å². The Kier molecular flexibility index (Phi) is 6.67. The third-order valence-electron chi connectivity index (χ3n) is 6.91. The van der Waals surface area contributed by atoms with E-state index in [9.17, 15) is 19.5 Å². The third kappa shape index (κ3) is 4.73. The zero-order valence-electron chi connectivity index (χ0n) is 18.9. The molecule has 0 saturated heterocycles. The monoisotopic (exact) mass is 505 g/mol. The van der Waals surface area contributed by atoms with E-state index in [0.717, 1.165) is 23.1 Å². The molecule has 1 aliphatic heterocycles. The molecule has 1 saturated carbocycles. The largest absolute Gasteiger partial charge is 0.481 e. The van der Waals surface area contributed by atoms with Gasteiger partial charge in [-0.25, -0.2) is 0 Å². The first-order valence-electron chi connectivity index (χ1n) is 11.6. The maximum absolute atomic E-state index is 12.8. The standard InChI is InChI=1S/C28H24ClNO4S/c29-21-12-9-19(10-13-21)18-7-5-17(6-8-18)16-35-24-14-11-20(25(24)28(33)34)15-30-26(31)22-3-1-2-4-23(22)27(30)32/h1-10,12-13,20,24-25H,11,14-16H2,(H,33,34)/t20-,24-,25-/m0/s1. The van der Waals surface area contributed by atoms with Gasteiger partial charge < -0.3 is 5.11 Å². The lowest BCUT2D eigenvalue weighted by molar-refractivity contribution is -0.142. The van der Waals surface area contributed by atoms with Crippen LogP contribution in [0.3, 0.4) is 0 Å². The summed E-state index contributed by atoms with van der Waals surface area (Å²) < 4.78 is 0. The van der Waals surface area contributed by atoms with E-state index in [1.54, 1.807) is 36.0 Å². The fraction of sp³-hybridized carbons (Fsp3) is 0.250. The van der Waals surface area contributed by atoms with Crippen LogP contribution in [0, 0.1) is 11.8 Å². The molecular formula is C28H24ClNO4S. The minimum atomic E-state index is -0.861. The van der Waals surface area contributed by atoms with Crippen molar-refractivity contribution in [3.8, 4) is 11.1 Å². The number of amides is 2. The molecular weight excluding hydrogens is 482 g/mol. The van der Waals surface area contributed by atoms with Crippen LogP contribution in [0.15, 0.2) is 72.8 Å². The van der Waals surface area contributed by atoms with Crippen LogP contribution in [0.4, 0.5) is 0 Å². The average molecular weight is 506 g/mol. The first-order chi connectivity index (χ1) is 16.9. The molecule has 1 fully saturated rings. The molecule has 3 atom stereocenters. The van der Waals surface area contributed by atoms with E-state index < -0.39 is 11.9 Å². The molecule has 178 valence electrons. The van der Waals surface area contributed by atoms with Crippen molar-refractivity contribution in [1.82, 2.24) is 4.90 Å². The van der Waals surface area contributed by atoms with Gasteiger partial charge in [-0.3, -0.25) is 19.3 Å². The van der Waals surface area contributed by atoms with Gasteiger partial charge in [-0.1, -0.05) is 60.1 Å². The maximum atomic E-state index is 12.8. The van der Waals surface area contributed by atoms with Crippen LogP contribution in [0.1, 0.15) is 39.1 Å². The predicted molar refractivity (Wildman–Crippen MR) is 138 cm³/mol. The Bertz CT molecular complexity index is 1240. The number of carboxylic acids is 1. The molecule has 35 heavy (non-hydrogen) atoms. The molecule has 0 bridgehead atoms. The van der Waals surface area contributed by atoms with E-state index in [2.05, 4.69) is 24.3 Å². The zero-order valence-corrected chi connectivity index (χ0v) is 20.5. The summed E-state index contributed by atoms with van der Waals surface area (Å²) in [6.45, 7) is 0.149. The van der Waals surface area contributed by atoms with Crippen LogP contribution in [0.5, 0.6) is 0 Å². The number of halogens is 1. The first kappa shape index (κ1) is 23.6. The highest BCUT2D eigenvalue weighted by molar-refractivity contribution is 7.99. The number of hydrogen-bond acceptors (Lipinski definition) is 4. The van der Waals surface area contributed by atoms with Crippen LogP contribution in [0.2, 0.25) is 5.02 Å². The van der Waals surface area contributed by atoms with Crippen LogP contribution in [-0.2, 0) is 10.5 Å². The van der Waals surface area contributed by atoms with Crippen molar-refractivity contribution in [3.05, 3.63) is 94.5 Å². The van der Waals surface area contributed by atoms with E-state index in [1.165, 1.54) is 4.90 Å². The van der Waals surface area contributed by atoms with Gasteiger partial charge in [-0.05, 0) is 59.7 Å². The molecule has 1 aliphatic carbocycles. The lowest BCUT2D eigenvalue weighted by Gasteiger charge is -2.24. The second-order valence-corrected chi connectivity index (χ2v) is 10.7. The molecule has 0 unspecified atom stereocenters. The van der Waals surface area contributed by atoms with Gasteiger partial charge in [0.25, 0.3) is 11.8 Å². The zero-order chi connectivity index (χ0) is 24.5. The first-order valence-corrected chi connectivity index (χ1v) is 13.0. The predicted octanol–water partition coefficient (Wildman–Crippen LogP) is 6.02. The van der Waals surface area contributed by atoms with E-state index in [4.69, 9.17) is 11.6 Å². The minimum Gasteiger partial charge on any atom is -0.481 e. The van der Waals surface area contributed by atoms with Crippen molar-refractivity contribution in [2.75, 3.05) is 6.54 Å². The molecule has 1 heterocycles. The molecule has 0 radical (unpaired) electrons. The number of hydrogen-bond donors (Lipinski definition) is 1. The summed E-state index contributed by atoms with van der Waals surface area (Å²) in [6, 6.07) is 22.7. The fourth-order valence-corrected chi connectivity index (χ4v) is 6.65. The van der Waals surface area contributed by atoms with E-state index in [1.807, 2.05) is 24.3 Å². The third-order valence-corrected chi connectivity index (χ3v) is 8.62. The van der Waals surface area contributed by atoms with Gasteiger partial charge in [0.15, 0.2) is 0 Å². The Morgan fingerprint density at radius 3 is 2.03 bits per heavy atom. The Morgan fingerprint density at radius 1 is 0.886 bits per heavy atom. The quantitative estimate of drug-likeness (QED) is 0.398. The van der Waals surface area contributed by atoms with Gasteiger partial charge in [0.2, 0.25) is 0 Å². The van der Waals surface area contributed by atoms with E-state index in [-0.39, 0.29) is 29.5 Å². The lowest BCUT2D eigenvalue weighted by Crippen LogP contribution is -2.38. The SMILES string of the molecule is O=C(O)[C@H]1[C@H](CN2C(=O)c3ccccc3C2=O)CC[C@@H]1SCc1ccc(-c2ccc(Cl)cc2)cc1. The number of carbonyl (C=O) groups is 3. The number of fused-ring (bicyclic) bond motifs is 1. The number of rotatable bonds is 7. The number of imide groups is 1. The van der Waals surface area contributed by atoms with Gasteiger partial charge in [0, 0.05) is 22.6 Å². The normalized spacial score (nSPS) is 21.4. The van der Waals surface area contributed by atoms with Crippen LogP contribution < -0.4 is 0 Å². The Morgan fingerprint density at radius 2 is 1.46 bits per heavy atom. The second-order valence-electron chi connectivity index (χ2n) is 9.02. The average Bonchev–Trinajstić information content (AvgIpc) is 3.38. The summed E-state index contributed by atoms with van der Waals surface area (Å²) in [5.74, 6) is -1.66. The summed E-state index contributed by atoms with van der Waals surface area (Å²) in [7, 11) is 0. The molecule has 5 nitrogen and oxygen atoms in total. The summed E-state index contributed by atoms with van der Waals surface area (Å²) in [4.78, 5) is 38.9. The van der Waals surface area contributed by atoms with Crippen LogP contribution in [-0.4, -0.2) is 39.6 Å². The van der Waals surface area contributed by atoms with Crippen molar-refractivity contribution in [3.63, 3.8) is 0 Å². The Balaban J connectivity index is 1.23. The fourth-order valence-electron chi connectivity index (χ4n) is 5.07. The smallest absolute Gasteiger partial charge is 0.307 e. The van der Waals surface area contributed by atoms with Gasteiger partial charge >= 0.3 is 5.97 Å². The summed E-state index contributed by atoms with van der Waals surface area (Å²) in [5, 5.41) is 10.6. The Hall–Kier alpha value is -3.09. The molecule has 2 amide bonds. The molecule has 0 aromatic heterocycles. The van der Waals surface area contributed by atoms with Crippen molar-refractivity contribution in [1.29, 1.82) is 0 Å². The van der Waals surface area contributed by atoms with Crippen molar-refractivity contribution < 1.29 is 19.5 Å². The van der Waals surface area contributed by atoms with E-state index in [0.29, 0.717) is 28.3 Å². The molecule has 3 aromatic carbocycles.